The van der Waals surface area contributed by atoms with Crippen LogP contribution in [0.2, 0.25) is 0 Å². The molecule has 1 unspecified atom stereocenters. The van der Waals surface area contributed by atoms with E-state index >= 15 is 0 Å². The Morgan fingerprint density at radius 3 is 2.88 bits per heavy atom. The summed E-state index contributed by atoms with van der Waals surface area (Å²) in [5, 5.41) is 1.73. The predicted octanol–water partition coefficient (Wildman–Crippen LogP) is 1.40. The number of rotatable bonds is 1. The maximum atomic E-state index is 10.3. The molecule has 1 rings (SSSR count). The van der Waals surface area contributed by atoms with E-state index in [1.165, 1.54) is 11.3 Å². The molecule has 0 aliphatic rings. The molecular formula is C3H2ClNOS2. The molecule has 1 aromatic rings. The number of nitrogens with zero attached hydrogens (tertiary/aromatic N) is 1. The molecule has 8 heavy (non-hydrogen) atoms. The number of halogens is 1. The van der Waals surface area contributed by atoms with Gasteiger partial charge < -0.3 is 4.55 Å². The summed E-state index contributed by atoms with van der Waals surface area (Å²) in [6.45, 7) is 0. The molecule has 44 valence electrons. The number of hydrogen-bond acceptors (Lipinski definition) is 3. The second-order valence-electron chi connectivity index (χ2n) is 1.02. The van der Waals surface area contributed by atoms with Crippen molar-refractivity contribution in [1.82, 2.24) is 4.98 Å². The molecule has 0 aliphatic carbocycles. The van der Waals surface area contributed by atoms with E-state index in [-0.39, 0.29) is 0 Å². The molecule has 0 spiro atoms. The van der Waals surface area contributed by atoms with Crippen LogP contribution in [0.1, 0.15) is 0 Å². The minimum atomic E-state index is -1.42. The predicted molar refractivity (Wildman–Crippen MR) is 34.4 cm³/mol. The minimum absolute atomic E-state index is 0.465. The monoisotopic (exact) mass is 167 g/mol. The van der Waals surface area contributed by atoms with Crippen LogP contribution in [0.25, 0.3) is 0 Å². The lowest BCUT2D eigenvalue weighted by Crippen LogP contribution is -1.86. The Bertz CT molecular complexity index is 152. The minimum Gasteiger partial charge on any atom is -0.592 e. The molecule has 0 radical (unpaired) electrons. The van der Waals surface area contributed by atoms with E-state index in [2.05, 4.69) is 4.98 Å². The van der Waals surface area contributed by atoms with Crippen LogP contribution in [0.4, 0.5) is 0 Å². The van der Waals surface area contributed by atoms with E-state index in [9.17, 15) is 4.55 Å². The van der Waals surface area contributed by atoms with Gasteiger partial charge in [-0.2, -0.15) is 4.98 Å². The van der Waals surface area contributed by atoms with E-state index in [1.807, 2.05) is 0 Å². The van der Waals surface area contributed by atoms with Crippen molar-refractivity contribution in [3.63, 3.8) is 0 Å². The molecule has 0 amide bonds. The van der Waals surface area contributed by atoms with E-state index in [4.69, 9.17) is 10.7 Å². The fraction of sp³-hybridized carbons (Fsp3) is 0. The van der Waals surface area contributed by atoms with Crippen LogP contribution in [0.15, 0.2) is 15.9 Å². The zero-order valence-corrected chi connectivity index (χ0v) is 6.09. The van der Waals surface area contributed by atoms with E-state index in [1.54, 1.807) is 11.6 Å². The van der Waals surface area contributed by atoms with Crippen molar-refractivity contribution in [3.05, 3.63) is 11.6 Å². The molecule has 0 bridgehead atoms. The highest BCUT2D eigenvalue weighted by molar-refractivity contribution is 8.14. The zero-order chi connectivity index (χ0) is 5.98. The van der Waals surface area contributed by atoms with Crippen LogP contribution in [0, 0.1) is 0 Å². The largest absolute Gasteiger partial charge is 0.592 e. The zero-order valence-electron chi connectivity index (χ0n) is 3.70. The Balaban J connectivity index is 2.77. The molecule has 1 heterocycles. The third kappa shape index (κ3) is 1.35. The maximum absolute atomic E-state index is 10.3. The normalized spacial score (nSPS) is 13.8. The highest BCUT2D eigenvalue weighted by Crippen LogP contribution is 2.15. The average molecular weight is 168 g/mol. The van der Waals surface area contributed by atoms with Gasteiger partial charge in [0.1, 0.15) is 10.4 Å². The first-order valence-corrected chi connectivity index (χ1v) is 4.64. The number of hydrogen-bond donors (Lipinski definition) is 0. The van der Waals surface area contributed by atoms with Crippen molar-refractivity contribution < 1.29 is 4.55 Å². The fourth-order valence-corrected chi connectivity index (χ4v) is 1.71. The van der Waals surface area contributed by atoms with Crippen molar-refractivity contribution in [2.24, 2.45) is 0 Å². The lowest BCUT2D eigenvalue weighted by molar-refractivity contribution is 0.608. The molecule has 0 N–H and O–H groups in total. The van der Waals surface area contributed by atoms with Gasteiger partial charge in [-0.15, -0.1) is 0 Å². The molecule has 2 nitrogen and oxygen atoms in total. The van der Waals surface area contributed by atoms with Gasteiger partial charge in [-0.1, -0.05) is 11.3 Å². The van der Waals surface area contributed by atoms with Gasteiger partial charge in [0.15, 0.2) is 10.7 Å². The van der Waals surface area contributed by atoms with Gasteiger partial charge in [0.25, 0.3) is 0 Å². The van der Waals surface area contributed by atoms with Crippen LogP contribution in [0.5, 0.6) is 0 Å². The first-order chi connectivity index (χ1) is 3.80. The summed E-state index contributed by atoms with van der Waals surface area (Å²) >= 11 is 1.29. The van der Waals surface area contributed by atoms with E-state index in [0.717, 1.165) is 0 Å². The summed E-state index contributed by atoms with van der Waals surface area (Å²) in [6, 6.07) is 0. The summed E-state index contributed by atoms with van der Waals surface area (Å²) in [4.78, 5) is 3.70. The van der Waals surface area contributed by atoms with E-state index in [0.29, 0.717) is 4.34 Å². The topological polar surface area (TPSA) is 36.0 Å². The first kappa shape index (κ1) is 6.35. The number of thiazole rings is 1. The number of aromatic nitrogens is 1. The molecule has 0 saturated carbocycles. The van der Waals surface area contributed by atoms with Crippen LogP contribution in [0.3, 0.4) is 0 Å². The standard InChI is InChI=1S/C3H2ClNOS2/c4-8(6)3-5-1-2-7-3/h1-2H. The van der Waals surface area contributed by atoms with Gasteiger partial charge >= 0.3 is 4.34 Å². The van der Waals surface area contributed by atoms with Gasteiger partial charge in [0, 0.05) is 11.6 Å². The summed E-state index contributed by atoms with van der Waals surface area (Å²) in [7, 11) is 3.75. The van der Waals surface area contributed by atoms with Gasteiger partial charge in [0.2, 0.25) is 0 Å². The lowest BCUT2D eigenvalue weighted by Gasteiger charge is -1.88. The van der Waals surface area contributed by atoms with Gasteiger partial charge in [-0.25, -0.2) is 0 Å². The molecule has 0 aliphatic heterocycles. The quantitative estimate of drug-likeness (QED) is 0.593. The molecule has 1 aromatic heterocycles. The van der Waals surface area contributed by atoms with Gasteiger partial charge in [-0.3, -0.25) is 0 Å². The van der Waals surface area contributed by atoms with E-state index < -0.39 is 10.4 Å². The fourth-order valence-electron chi connectivity index (χ4n) is 0.290. The van der Waals surface area contributed by atoms with Gasteiger partial charge in [-0.05, 0) is 0 Å². The SMILES string of the molecule is [O-][S+](Cl)c1nccs1. The Morgan fingerprint density at radius 1 is 1.88 bits per heavy atom. The Labute approximate surface area is 58.2 Å². The van der Waals surface area contributed by atoms with Crippen molar-refractivity contribution >= 4 is 32.4 Å². The molecule has 5 heteroatoms. The van der Waals surface area contributed by atoms with Crippen molar-refractivity contribution in [1.29, 1.82) is 0 Å². The Morgan fingerprint density at radius 2 is 2.62 bits per heavy atom. The van der Waals surface area contributed by atoms with Crippen LogP contribution in [-0.2, 0) is 10.4 Å². The third-order valence-corrected chi connectivity index (χ3v) is 2.95. The van der Waals surface area contributed by atoms with Gasteiger partial charge in [0.05, 0.1) is 0 Å². The van der Waals surface area contributed by atoms with Crippen molar-refractivity contribution in [2.45, 2.75) is 4.34 Å². The Kier molecular flexibility index (Phi) is 2.13. The van der Waals surface area contributed by atoms with Crippen molar-refractivity contribution in [2.75, 3.05) is 0 Å². The summed E-state index contributed by atoms with van der Waals surface area (Å²) in [5.41, 5.74) is 0. The first-order valence-electron chi connectivity index (χ1n) is 1.78. The van der Waals surface area contributed by atoms with Crippen LogP contribution >= 0.6 is 22.0 Å². The average Bonchev–Trinajstić information content (AvgIpc) is 2.12. The Hall–Kier alpha value is 0.230. The third-order valence-electron chi connectivity index (χ3n) is 0.547. The second kappa shape index (κ2) is 2.68. The maximum Gasteiger partial charge on any atom is 0.321 e. The van der Waals surface area contributed by atoms with Crippen LogP contribution in [-0.4, -0.2) is 9.54 Å². The molecule has 1 atom stereocenters. The van der Waals surface area contributed by atoms with Crippen molar-refractivity contribution in [3.8, 4) is 0 Å². The highest BCUT2D eigenvalue weighted by Gasteiger charge is 2.08. The molecule has 0 saturated heterocycles. The highest BCUT2D eigenvalue weighted by atomic mass is 35.7. The molecule has 0 aromatic carbocycles. The lowest BCUT2D eigenvalue weighted by atomic mass is 11.0. The smallest absolute Gasteiger partial charge is 0.321 e. The summed E-state index contributed by atoms with van der Waals surface area (Å²) in [6.07, 6.45) is 1.57. The summed E-state index contributed by atoms with van der Waals surface area (Å²) in [5.74, 6) is 0. The molecular weight excluding hydrogens is 166 g/mol. The molecule has 0 fully saturated rings. The second-order valence-corrected chi connectivity index (χ2v) is 3.85. The summed E-state index contributed by atoms with van der Waals surface area (Å²) < 4.78 is 10.8. The van der Waals surface area contributed by atoms with Crippen LogP contribution < -0.4 is 0 Å².